The molecule has 0 aliphatic carbocycles. The van der Waals surface area contributed by atoms with Crippen LogP contribution < -0.4 is 10.6 Å². The van der Waals surface area contributed by atoms with E-state index in [0.29, 0.717) is 5.92 Å². The lowest BCUT2D eigenvalue weighted by Gasteiger charge is -2.28. The van der Waals surface area contributed by atoms with Crippen LogP contribution in [-0.4, -0.2) is 28.3 Å². The molecule has 1 fully saturated rings. The quantitative estimate of drug-likeness (QED) is 0.827. The molecule has 2 heterocycles. The van der Waals surface area contributed by atoms with Crippen molar-refractivity contribution in [3.05, 3.63) is 12.4 Å². The highest BCUT2D eigenvalue weighted by Crippen LogP contribution is 2.20. The van der Waals surface area contributed by atoms with Crippen molar-refractivity contribution in [2.24, 2.45) is 13.0 Å². The number of aromatic nitrogens is 2. The lowest BCUT2D eigenvalue weighted by molar-refractivity contribution is -0.119. The van der Waals surface area contributed by atoms with Gasteiger partial charge >= 0.3 is 0 Å². The highest BCUT2D eigenvalue weighted by Gasteiger charge is 2.25. The van der Waals surface area contributed by atoms with Gasteiger partial charge in [-0.05, 0) is 25.3 Å². The molecule has 0 spiro atoms. The van der Waals surface area contributed by atoms with E-state index < -0.39 is 0 Å². The standard InChI is InChI=1S/C12H20N4O/c1-3-9-4-5-13-11(6-9)12(17)15-10-7-14-16(2)8-10/h7-9,11,13H,3-6H2,1-2H3,(H,15,17). The molecule has 1 aliphatic rings. The first-order valence-corrected chi connectivity index (χ1v) is 6.22. The second-order valence-electron chi connectivity index (χ2n) is 4.70. The number of anilines is 1. The summed E-state index contributed by atoms with van der Waals surface area (Å²) in [5, 5.41) is 10.2. The Kier molecular flexibility index (Phi) is 3.78. The van der Waals surface area contributed by atoms with Crippen molar-refractivity contribution in [2.45, 2.75) is 32.2 Å². The first-order chi connectivity index (χ1) is 8.19. The van der Waals surface area contributed by atoms with Crippen LogP contribution in [0.3, 0.4) is 0 Å². The lowest BCUT2D eigenvalue weighted by Crippen LogP contribution is -2.46. The Bertz CT molecular complexity index is 388. The molecule has 0 aromatic carbocycles. The number of piperidine rings is 1. The predicted octanol–water partition coefficient (Wildman–Crippen LogP) is 1.14. The summed E-state index contributed by atoms with van der Waals surface area (Å²) in [6, 6.07) is -0.0612. The Morgan fingerprint density at radius 2 is 2.53 bits per heavy atom. The molecule has 1 aromatic rings. The van der Waals surface area contributed by atoms with Crippen LogP contribution >= 0.6 is 0 Å². The Morgan fingerprint density at radius 3 is 3.18 bits per heavy atom. The number of amides is 1. The fraction of sp³-hybridized carbons (Fsp3) is 0.667. The first kappa shape index (κ1) is 12.1. The zero-order valence-electron chi connectivity index (χ0n) is 10.4. The summed E-state index contributed by atoms with van der Waals surface area (Å²) in [5.74, 6) is 0.719. The molecule has 0 saturated carbocycles. The molecule has 1 aromatic heterocycles. The highest BCUT2D eigenvalue weighted by atomic mass is 16.2. The van der Waals surface area contributed by atoms with E-state index in [4.69, 9.17) is 0 Å². The van der Waals surface area contributed by atoms with Crippen molar-refractivity contribution in [3.8, 4) is 0 Å². The van der Waals surface area contributed by atoms with Gasteiger partial charge in [-0.2, -0.15) is 5.10 Å². The third-order valence-corrected chi connectivity index (χ3v) is 3.38. The van der Waals surface area contributed by atoms with E-state index >= 15 is 0 Å². The summed E-state index contributed by atoms with van der Waals surface area (Å²) in [6.07, 6.45) is 6.73. The van der Waals surface area contributed by atoms with Crippen LogP contribution in [0, 0.1) is 5.92 Å². The van der Waals surface area contributed by atoms with Gasteiger partial charge in [0.2, 0.25) is 5.91 Å². The molecule has 2 rings (SSSR count). The summed E-state index contributed by atoms with van der Waals surface area (Å²) in [6.45, 7) is 3.12. The largest absolute Gasteiger partial charge is 0.322 e. The molecular weight excluding hydrogens is 216 g/mol. The molecule has 2 unspecified atom stereocenters. The minimum absolute atomic E-state index is 0.0520. The molecule has 0 radical (unpaired) electrons. The fourth-order valence-electron chi connectivity index (χ4n) is 2.28. The number of nitrogens with zero attached hydrogens (tertiary/aromatic N) is 2. The number of hydrogen-bond donors (Lipinski definition) is 2. The molecule has 0 bridgehead atoms. The maximum atomic E-state index is 12.0. The number of hydrogen-bond acceptors (Lipinski definition) is 3. The van der Waals surface area contributed by atoms with Crippen LogP contribution in [0.1, 0.15) is 26.2 Å². The topological polar surface area (TPSA) is 59.0 Å². The summed E-state index contributed by atoms with van der Waals surface area (Å²) in [7, 11) is 1.83. The van der Waals surface area contributed by atoms with E-state index in [1.54, 1.807) is 17.1 Å². The third-order valence-electron chi connectivity index (χ3n) is 3.38. The molecule has 94 valence electrons. The van der Waals surface area contributed by atoms with Crippen molar-refractivity contribution >= 4 is 11.6 Å². The van der Waals surface area contributed by atoms with Crippen molar-refractivity contribution in [1.82, 2.24) is 15.1 Å². The van der Waals surface area contributed by atoms with Gasteiger partial charge in [0.15, 0.2) is 0 Å². The normalized spacial score (nSPS) is 24.6. The van der Waals surface area contributed by atoms with Crippen molar-refractivity contribution in [2.75, 3.05) is 11.9 Å². The smallest absolute Gasteiger partial charge is 0.241 e. The molecule has 2 N–H and O–H groups in total. The van der Waals surface area contributed by atoms with Gasteiger partial charge in [-0.25, -0.2) is 0 Å². The maximum Gasteiger partial charge on any atom is 0.241 e. The minimum Gasteiger partial charge on any atom is -0.322 e. The number of aryl methyl sites for hydroxylation is 1. The van der Waals surface area contributed by atoms with Gasteiger partial charge in [0.1, 0.15) is 0 Å². The molecule has 5 nitrogen and oxygen atoms in total. The predicted molar refractivity (Wildman–Crippen MR) is 66.6 cm³/mol. The fourth-order valence-corrected chi connectivity index (χ4v) is 2.28. The second-order valence-corrected chi connectivity index (χ2v) is 4.70. The van der Waals surface area contributed by atoms with Crippen LogP contribution in [0.15, 0.2) is 12.4 Å². The Morgan fingerprint density at radius 1 is 1.71 bits per heavy atom. The lowest BCUT2D eigenvalue weighted by atomic mass is 9.90. The van der Waals surface area contributed by atoms with Gasteiger partial charge in [0.25, 0.3) is 0 Å². The molecule has 1 aliphatic heterocycles. The van der Waals surface area contributed by atoms with Crippen LogP contribution in [0.4, 0.5) is 5.69 Å². The van der Waals surface area contributed by atoms with Gasteiger partial charge in [-0.3, -0.25) is 9.48 Å². The highest BCUT2D eigenvalue weighted by molar-refractivity contribution is 5.94. The number of nitrogens with one attached hydrogen (secondary N) is 2. The second kappa shape index (κ2) is 5.31. The van der Waals surface area contributed by atoms with Gasteiger partial charge in [0, 0.05) is 13.2 Å². The van der Waals surface area contributed by atoms with Gasteiger partial charge in [-0.1, -0.05) is 13.3 Å². The van der Waals surface area contributed by atoms with Crippen molar-refractivity contribution in [3.63, 3.8) is 0 Å². The average molecular weight is 236 g/mol. The summed E-state index contributed by atoms with van der Waals surface area (Å²) < 4.78 is 1.68. The number of carbonyl (C=O) groups excluding carboxylic acids is 1. The first-order valence-electron chi connectivity index (χ1n) is 6.22. The minimum atomic E-state index is -0.0612. The molecule has 1 amide bonds. The van der Waals surface area contributed by atoms with Gasteiger partial charge < -0.3 is 10.6 Å². The van der Waals surface area contributed by atoms with E-state index in [1.807, 2.05) is 7.05 Å². The summed E-state index contributed by atoms with van der Waals surface area (Å²) in [4.78, 5) is 12.0. The number of carbonyl (C=O) groups is 1. The van der Waals surface area contributed by atoms with E-state index in [9.17, 15) is 4.79 Å². The van der Waals surface area contributed by atoms with E-state index in [2.05, 4.69) is 22.7 Å². The molecule has 17 heavy (non-hydrogen) atoms. The van der Waals surface area contributed by atoms with Crippen LogP contribution in [-0.2, 0) is 11.8 Å². The monoisotopic (exact) mass is 236 g/mol. The summed E-state index contributed by atoms with van der Waals surface area (Å²) in [5.41, 5.74) is 0.762. The SMILES string of the molecule is CCC1CCNC(C(=O)Nc2cnn(C)c2)C1. The zero-order chi connectivity index (χ0) is 12.3. The molecule has 1 saturated heterocycles. The maximum absolute atomic E-state index is 12.0. The van der Waals surface area contributed by atoms with E-state index in [-0.39, 0.29) is 11.9 Å². The zero-order valence-corrected chi connectivity index (χ0v) is 10.4. The van der Waals surface area contributed by atoms with Gasteiger partial charge in [0.05, 0.1) is 17.9 Å². The summed E-state index contributed by atoms with van der Waals surface area (Å²) >= 11 is 0. The van der Waals surface area contributed by atoms with E-state index in [0.717, 1.165) is 25.1 Å². The van der Waals surface area contributed by atoms with Crippen molar-refractivity contribution in [1.29, 1.82) is 0 Å². The molecule has 5 heteroatoms. The molecule has 2 atom stereocenters. The van der Waals surface area contributed by atoms with Gasteiger partial charge in [-0.15, -0.1) is 0 Å². The van der Waals surface area contributed by atoms with E-state index in [1.165, 1.54) is 6.42 Å². The number of rotatable bonds is 3. The average Bonchev–Trinajstić information content (AvgIpc) is 2.75. The van der Waals surface area contributed by atoms with Crippen LogP contribution in [0.5, 0.6) is 0 Å². The Hall–Kier alpha value is -1.36. The van der Waals surface area contributed by atoms with Crippen LogP contribution in [0.2, 0.25) is 0 Å². The Balaban J connectivity index is 1.91. The molecular formula is C12H20N4O. The Labute approximate surface area is 102 Å². The van der Waals surface area contributed by atoms with Crippen molar-refractivity contribution < 1.29 is 4.79 Å². The van der Waals surface area contributed by atoms with Crippen LogP contribution in [0.25, 0.3) is 0 Å². The third kappa shape index (κ3) is 3.06.